The fraction of sp³-hybridized carbons (Fsp3) is 0.357. The molecule has 0 radical (unpaired) electrons. The zero-order valence-electron chi connectivity index (χ0n) is 11.0. The highest BCUT2D eigenvalue weighted by Gasteiger charge is 2.18. The van der Waals surface area contributed by atoms with Crippen LogP contribution in [-0.2, 0) is 13.0 Å². The summed E-state index contributed by atoms with van der Waals surface area (Å²) >= 11 is 6.07. The topological polar surface area (TPSA) is 29.9 Å². The highest BCUT2D eigenvalue weighted by Crippen LogP contribution is 2.25. The third-order valence-corrected chi connectivity index (χ3v) is 3.57. The van der Waals surface area contributed by atoms with E-state index < -0.39 is 0 Å². The third kappa shape index (κ3) is 2.96. The Kier molecular flexibility index (Phi) is 4.56. The molecule has 0 aliphatic carbocycles. The van der Waals surface area contributed by atoms with E-state index in [0.717, 1.165) is 12.4 Å². The van der Waals surface area contributed by atoms with Gasteiger partial charge < -0.3 is 9.88 Å². The summed E-state index contributed by atoms with van der Waals surface area (Å²) in [7, 11) is 1.84. The summed E-state index contributed by atoms with van der Waals surface area (Å²) in [6.45, 7) is 2.88. The Balaban J connectivity index is 2.29. The van der Waals surface area contributed by atoms with Crippen LogP contribution >= 0.6 is 11.6 Å². The van der Waals surface area contributed by atoms with Gasteiger partial charge in [-0.2, -0.15) is 0 Å². The number of imidazole rings is 1. The fourth-order valence-electron chi connectivity index (χ4n) is 2.15. The highest BCUT2D eigenvalue weighted by molar-refractivity contribution is 6.31. The molecule has 19 heavy (non-hydrogen) atoms. The molecule has 0 saturated carbocycles. The van der Waals surface area contributed by atoms with E-state index in [0.29, 0.717) is 17.0 Å². The van der Waals surface area contributed by atoms with Crippen molar-refractivity contribution in [3.63, 3.8) is 0 Å². The zero-order chi connectivity index (χ0) is 13.8. The predicted octanol–water partition coefficient (Wildman–Crippen LogP) is 3.20. The van der Waals surface area contributed by atoms with Crippen molar-refractivity contribution in [1.29, 1.82) is 0 Å². The van der Waals surface area contributed by atoms with Crippen LogP contribution in [0.25, 0.3) is 0 Å². The average Bonchev–Trinajstić information content (AvgIpc) is 2.87. The minimum atomic E-state index is -0.276. The first-order valence-corrected chi connectivity index (χ1v) is 6.66. The normalized spacial score (nSPS) is 12.6. The van der Waals surface area contributed by atoms with E-state index in [4.69, 9.17) is 11.6 Å². The first kappa shape index (κ1) is 14.0. The lowest BCUT2D eigenvalue weighted by Crippen LogP contribution is -2.23. The van der Waals surface area contributed by atoms with Crippen molar-refractivity contribution in [2.75, 3.05) is 7.05 Å². The summed E-state index contributed by atoms with van der Waals surface area (Å²) in [5, 5.41) is 3.63. The number of halogens is 2. The molecule has 0 amide bonds. The van der Waals surface area contributed by atoms with Gasteiger partial charge in [0, 0.05) is 29.5 Å². The molecule has 1 N–H and O–H groups in total. The molecule has 1 aromatic carbocycles. The minimum Gasteiger partial charge on any atom is -0.334 e. The lowest BCUT2D eigenvalue weighted by atomic mass is 10.0. The van der Waals surface area contributed by atoms with E-state index >= 15 is 0 Å². The van der Waals surface area contributed by atoms with E-state index in [1.807, 2.05) is 24.7 Å². The van der Waals surface area contributed by atoms with Crippen LogP contribution in [0.2, 0.25) is 5.02 Å². The molecule has 0 fully saturated rings. The van der Waals surface area contributed by atoms with Crippen molar-refractivity contribution in [1.82, 2.24) is 14.9 Å². The van der Waals surface area contributed by atoms with Crippen LogP contribution < -0.4 is 5.32 Å². The van der Waals surface area contributed by atoms with Crippen LogP contribution in [0.5, 0.6) is 0 Å². The van der Waals surface area contributed by atoms with Crippen LogP contribution in [0, 0.1) is 5.82 Å². The van der Waals surface area contributed by atoms with Crippen molar-refractivity contribution in [2.24, 2.45) is 0 Å². The van der Waals surface area contributed by atoms with Crippen LogP contribution in [-0.4, -0.2) is 16.6 Å². The van der Waals surface area contributed by atoms with Gasteiger partial charge in [-0.1, -0.05) is 17.7 Å². The van der Waals surface area contributed by atoms with Crippen molar-refractivity contribution < 1.29 is 4.39 Å². The van der Waals surface area contributed by atoms with E-state index in [1.54, 1.807) is 18.3 Å². The maximum absolute atomic E-state index is 13.8. The Labute approximate surface area is 117 Å². The van der Waals surface area contributed by atoms with Crippen LogP contribution in [0.15, 0.2) is 30.6 Å². The van der Waals surface area contributed by atoms with Gasteiger partial charge in [-0.05, 0) is 32.5 Å². The smallest absolute Gasteiger partial charge is 0.127 e. The third-order valence-electron chi connectivity index (χ3n) is 3.22. The van der Waals surface area contributed by atoms with Crippen molar-refractivity contribution >= 4 is 11.6 Å². The summed E-state index contributed by atoms with van der Waals surface area (Å²) < 4.78 is 15.9. The molecule has 1 heterocycles. The summed E-state index contributed by atoms with van der Waals surface area (Å²) in [6, 6.07) is 4.69. The standard InChI is InChI=1S/C14H17ClFN3/c1-3-19-8-7-18-14(19)13(17-2)9-10-11(15)5-4-6-12(10)16/h4-8,13,17H,3,9H2,1-2H3. The van der Waals surface area contributed by atoms with Gasteiger partial charge in [0.15, 0.2) is 0 Å². The van der Waals surface area contributed by atoms with Gasteiger partial charge in [0.2, 0.25) is 0 Å². The lowest BCUT2D eigenvalue weighted by Gasteiger charge is -2.18. The highest BCUT2D eigenvalue weighted by atomic mass is 35.5. The largest absolute Gasteiger partial charge is 0.334 e. The molecule has 2 rings (SSSR count). The molecule has 0 bridgehead atoms. The number of rotatable bonds is 5. The van der Waals surface area contributed by atoms with E-state index in [-0.39, 0.29) is 11.9 Å². The van der Waals surface area contributed by atoms with Crippen LogP contribution in [0.1, 0.15) is 24.4 Å². The van der Waals surface area contributed by atoms with Gasteiger partial charge in [-0.3, -0.25) is 0 Å². The quantitative estimate of drug-likeness (QED) is 0.912. The number of hydrogen-bond acceptors (Lipinski definition) is 2. The molecule has 0 saturated heterocycles. The number of benzene rings is 1. The molecule has 1 unspecified atom stereocenters. The molecule has 2 aromatic rings. The second-order valence-electron chi connectivity index (χ2n) is 4.32. The summed E-state index contributed by atoms with van der Waals surface area (Å²) in [5.74, 6) is 0.617. The minimum absolute atomic E-state index is 0.0654. The number of aryl methyl sites for hydroxylation is 1. The second kappa shape index (κ2) is 6.17. The molecule has 0 aliphatic heterocycles. The molecule has 0 spiro atoms. The Morgan fingerprint density at radius 1 is 1.47 bits per heavy atom. The first-order valence-electron chi connectivity index (χ1n) is 6.28. The Morgan fingerprint density at radius 3 is 2.89 bits per heavy atom. The monoisotopic (exact) mass is 281 g/mol. The van der Waals surface area contributed by atoms with Gasteiger partial charge in [0.25, 0.3) is 0 Å². The lowest BCUT2D eigenvalue weighted by molar-refractivity contribution is 0.508. The first-order chi connectivity index (χ1) is 9.17. The average molecular weight is 282 g/mol. The second-order valence-corrected chi connectivity index (χ2v) is 4.72. The SMILES string of the molecule is CCn1ccnc1C(Cc1c(F)cccc1Cl)NC. The van der Waals surface area contributed by atoms with Gasteiger partial charge in [0.1, 0.15) is 11.6 Å². The van der Waals surface area contributed by atoms with Crippen LogP contribution in [0.4, 0.5) is 4.39 Å². The molecular weight excluding hydrogens is 265 g/mol. The zero-order valence-corrected chi connectivity index (χ0v) is 11.8. The number of hydrogen-bond donors (Lipinski definition) is 1. The van der Waals surface area contributed by atoms with Gasteiger partial charge in [-0.25, -0.2) is 9.37 Å². The summed E-state index contributed by atoms with van der Waals surface area (Å²) in [4.78, 5) is 4.35. The van der Waals surface area contributed by atoms with Gasteiger partial charge in [0.05, 0.1) is 6.04 Å². The molecule has 3 nitrogen and oxygen atoms in total. The molecule has 1 atom stereocenters. The fourth-order valence-corrected chi connectivity index (χ4v) is 2.39. The summed E-state index contributed by atoms with van der Waals surface area (Å²) in [5.41, 5.74) is 0.522. The van der Waals surface area contributed by atoms with Crippen LogP contribution in [0.3, 0.4) is 0 Å². The number of nitrogens with one attached hydrogen (secondary N) is 1. The molecule has 0 aliphatic rings. The molecule has 102 valence electrons. The molecule has 5 heteroatoms. The maximum atomic E-state index is 13.8. The number of aromatic nitrogens is 2. The number of likely N-dealkylation sites (N-methyl/N-ethyl adjacent to an activating group) is 1. The molecular formula is C14H17ClFN3. The summed E-state index contributed by atoms with van der Waals surface area (Å²) in [6.07, 6.45) is 4.15. The van der Waals surface area contributed by atoms with Gasteiger partial charge in [-0.15, -0.1) is 0 Å². The van der Waals surface area contributed by atoms with Crippen molar-refractivity contribution in [2.45, 2.75) is 25.9 Å². The van der Waals surface area contributed by atoms with E-state index in [2.05, 4.69) is 10.3 Å². The maximum Gasteiger partial charge on any atom is 0.127 e. The predicted molar refractivity (Wildman–Crippen MR) is 74.8 cm³/mol. The molecule has 1 aromatic heterocycles. The van der Waals surface area contributed by atoms with E-state index in [1.165, 1.54) is 6.07 Å². The Bertz CT molecular complexity index is 533. The number of nitrogens with zero attached hydrogens (tertiary/aromatic N) is 2. The van der Waals surface area contributed by atoms with Gasteiger partial charge >= 0.3 is 0 Å². The Hall–Kier alpha value is -1.39. The Morgan fingerprint density at radius 2 is 2.26 bits per heavy atom. The van der Waals surface area contributed by atoms with E-state index in [9.17, 15) is 4.39 Å². The van der Waals surface area contributed by atoms with Crippen molar-refractivity contribution in [3.8, 4) is 0 Å². The van der Waals surface area contributed by atoms with Crippen molar-refractivity contribution in [3.05, 3.63) is 52.8 Å².